The number of hydrogen-bond donors (Lipinski definition) is 2. The zero-order valence-corrected chi connectivity index (χ0v) is 10.5. The zero-order chi connectivity index (χ0) is 12.1. The number of rotatable bonds is 5. The predicted octanol–water partition coefficient (Wildman–Crippen LogP) is 1.96. The van der Waals surface area contributed by atoms with Gasteiger partial charge in [-0.1, -0.05) is 0 Å². The van der Waals surface area contributed by atoms with Gasteiger partial charge in [-0.25, -0.2) is 4.79 Å². The van der Waals surface area contributed by atoms with Gasteiger partial charge in [0.25, 0.3) is 0 Å². The number of thiophene rings is 1. The molecule has 1 fully saturated rings. The van der Waals surface area contributed by atoms with Crippen molar-refractivity contribution in [2.24, 2.45) is 5.92 Å². The lowest BCUT2D eigenvalue weighted by Crippen LogP contribution is -2.29. The second-order valence-corrected chi connectivity index (χ2v) is 5.20. The molecule has 0 bridgehead atoms. The van der Waals surface area contributed by atoms with E-state index in [1.165, 1.54) is 11.3 Å². The molecule has 2 heterocycles. The lowest BCUT2D eigenvalue weighted by molar-refractivity contribution is 0.0667. The third-order valence-corrected chi connectivity index (χ3v) is 3.96. The first-order valence-corrected chi connectivity index (χ1v) is 6.73. The Hall–Kier alpha value is -0.910. The molecule has 94 valence electrons. The van der Waals surface area contributed by atoms with Crippen molar-refractivity contribution in [3.8, 4) is 0 Å². The van der Waals surface area contributed by atoms with Crippen molar-refractivity contribution in [3.05, 3.63) is 21.9 Å². The van der Waals surface area contributed by atoms with Crippen LogP contribution in [0, 0.1) is 5.92 Å². The van der Waals surface area contributed by atoms with Gasteiger partial charge in [-0.05, 0) is 43.3 Å². The van der Waals surface area contributed by atoms with E-state index in [0.29, 0.717) is 17.4 Å². The molecule has 0 radical (unpaired) electrons. The SMILES string of the molecule is O=C(O)c1sccc1COCC1CCNCC1. The summed E-state index contributed by atoms with van der Waals surface area (Å²) >= 11 is 1.25. The number of aromatic carboxylic acids is 1. The second kappa shape index (κ2) is 6.14. The Balaban J connectivity index is 1.77. The molecular formula is C12H17NO3S. The quantitative estimate of drug-likeness (QED) is 0.844. The standard InChI is InChI=1S/C12H17NO3S/c14-12(15)11-10(3-6-17-11)8-16-7-9-1-4-13-5-2-9/h3,6,9,13H,1-2,4-5,7-8H2,(H,14,15). The van der Waals surface area contributed by atoms with Crippen LogP contribution in [0.4, 0.5) is 0 Å². The fourth-order valence-electron chi connectivity index (χ4n) is 2.02. The number of piperidine rings is 1. The fraction of sp³-hybridized carbons (Fsp3) is 0.583. The minimum atomic E-state index is -0.861. The largest absolute Gasteiger partial charge is 0.477 e. The van der Waals surface area contributed by atoms with Crippen LogP contribution in [0.15, 0.2) is 11.4 Å². The summed E-state index contributed by atoms with van der Waals surface area (Å²) in [6, 6.07) is 1.83. The number of ether oxygens (including phenoxy) is 1. The lowest BCUT2D eigenvalue weighted by atomic mass is 9.99. The van der Waals surface area contributed by atoms with E-state index in [1.54, 1.807) is 5.38 Å². The normalized spacial score (nSPS) is 17.2. The highest BCUT2D eigenvalue weighted by atomic mass is 32.1. The first-order chi connectivity index (χ1) is 8.27. The van der Waals surface area contributed by atoms with Gasteiger partial charge in [0.05, 0.1) is 6.61 Å². The predicted molar refractivity (Wildman–Crippen MR) is 66.5 cm³/mol. The van der Waals surface area contributed by atoms with Crippen molar-refractivity contribution in [3.63, 3.8) is 0 Å². The molecule has 1 aliphatic heterocycles. The van der Waals surface area contributed by atoms with E-state index in [-0.39, 0.29) is 0 Å². The Morgan fingerprint density at radius 1 is 1.53 bits per heavy atom. The number of nitrogens with one attached hydrogen (secondary N) is 1. The van der Waals surface area contributed by atoms with Crippen LogP contribution < -0.4 is 5.32 Å². The zero-order valence-electron chi connectivity index (χ0n) is 9.65. The Labute approximate surface area is 105 Å². The van der Waals surface area contributed by atoms with Crippen molar-refractivity contribution in [2.75, 3.05) is 19.7 Å². The van der Waals surface area contributed by atoms with Crippen LogP contribution in [0.5, 0.6) is 0 Å². The Bertz CT molecular complexity index is 372. The first-order valence-electron chi connectivity index (χ1n) is 5.85. The van der Waals surface area contributed by atoms with Crippen molar-refractivity contribution in [1.29, 1.82) is 0 Å². The van der Waals surface area contributed by atoms with E-state index in [1.807, 2.05) is 6.07 Å². The summed E-state index contributed by atoms with van der Waals surface area (Å²) in [5, 5.41) is 14.1. The molecule has 0 aliphatic carbocycles. The molecule has 0 saturated carbocycles. The molecule has 2 rings (SSSR count). The molecule has 0 spiro atoms. The molecule has 1 saturated heterocycles. The van der Waals surface area contributed by atoms with Crippen LogP contribution in [0.2, 0.25) is 0 Å². The number of carboxylic acid groups (broad SMARTS) is 1. The van der Waals surface area contributed by atoms with Gasteiger partial charge in [0.2, 0.25) is 0 Å². The molecular weight excluding hydrogens is 238 g/mol. The van der Waals surface area contributed by atoms with Crippen LogP contribution in [0.1, 0.15) is 28.1 Å². The van der Waals surface area contributed by atoms with Gasteiger partial charge in [-0.15, -0.1) is 11.3 Å². The average Bonchev–Trinajstić information content (AvgIpc) is 2.79. The van der Waals surface area contributed by atoms with E-state index in [0.717, 1.165) is 38.1 Å². The van der Waals surface area contributed by atoms with E-state index in [4.69, 9.17) is 9.84 Å². The maximum atomic E-state index is 10.9. The van der Waals surface area contributed by atoms with Gasteiger partial charge in [-0.2, -0.15) is 0 Å². The van der Waals surface area contributed by atoms with Gasteiger partial charge >= 0.3 is 5.97 Å². The maximum absolute atomic E-state index is 10.9. The lowest BCUT2D eigenvalue weighted by Gasteiger charge is -2.22. The Morgan fingerprint density at radius 2 is 2.29 bits per heavy atom. The van der Waals surface area contributed by atoms with Gasteiger partial charge in [-0.3, -0.25) is 0 Å². The number of hydrogen-bond acceptors (Lipinski definition) is 4. The smallest absolute Gasteiger partial charge is 0.346 e. The van der Waals surface area contributed by atoms with Crippen molar-refractivity contribution in [2.45, 2.75) is 19.4 Å². The molecule has 1 aromatic rings. The summed E-state index contributed by atoms with van der Waals surface area (Å²) in [6.45, 7) is 3.27. The van der Waals surface area contributed by atoms with Crippen LogP contribution in [-0.2, 0) is 11.3 Å². The minimum Gasteiger partial charge on any atom is -0.477 e. The van der Waals surface area contributed by atoms with Gasteiger partial charge in [0, 0.05) is 12.2 Å². The summed E-state index contributed by atoms with van der Waals surface area (Å²) in [4.78, 5) is 11.3. The molecule has 5 heteroatoms. The molecule has 17 heavy (non-hydrogen) atoms. The number of carboxylic acids is 1. The van der Waals surface area contributed by atoms with Crippen molar-refractivity contribution < 1.29 is 14.6 Å². The third kappa shape index (κ3) is 3.52. The summed E-state index contributed by atoms with van der Waals surface area (Å²) < 4.78 is 5.62. The summed E-state index contributed by atoms with van der Waals surface area (Å²) in [6.07, 6.45) is 2.30. The molecule has 0 amide bonds. The minimum absolute atomic E-state index is 0.398. The fourth-order valence-corrected chi connectivity index (χ4v) is 2.77. The summed E-state index contributed by atoms with van der Waals surface area (Å²) in [5.74, 6) is -0.247. The highest BCUT2D eigenvalue weighted by Gasteiger charge is 2.15. The topological polar surface area (TPSA) is 58.6 Å². The van der Waals surface area contributed by atoms with Crippen LogP contribution in [-0.4, -0.2) is 30.8 Å². The van der Waals surface area contributed by atoms with Crippen molar-refractivity contribution >= 4 is 17.3 Å². The van der Waals surface area contributed by atoms with E-state index < -0.39 is 5.97 Å². The van der Waals surface area contributed by atoms with E-state index in [9.17, 15) is 4.79 Å². The Morgan fingerprint density at radius 3 is 3.00 bits per heavy atom. The molecule has 1 aliphatic rings. The third-order valence-electron chi connectivity index (χ3n) is 3.01. The average molecular weight is 255 g/mol. The molecule has 2 N–H and O–H groups in total. The van der Waals surface area contributed by atoms with Crippen LogP contribution >= 0.6 is 11.3 Å². The van der Waals surface area contributed by atoms with E-state index >= 15 is 0 Å². The van der Waals surface area contributed by atoms with Crippen LogP contribution in [0.3, 0.4) is 0 Å². The maximum Gasteiger partial charge on any atom is 0.346 e. The number of carbonyl (C=O) groups is 1. The van der Waals surface area contributed by atoms with E-state index in [2.05, 4.69) is 5.32 Å². The first kappa shape index (κ1) is 12.5. The highest BCUT2D eigenvalue weighted by Crippen LogP contribution is 2.19. The van der Waals surface area contributed by atoms with Gasteiger partial charge in [0.1, 0.15) is 4.88 Å². The van der Waals surface area contributed by atoms with Gasteiger partial charge in [0.15, 0.2) is 0 Å². The molecule has 0 atom stereocenters. The summed E-state index contributed by atoms with van der Waals surface area (Å²) in [7, 11) is 0. The van der Waals surface area contributed by atoms with Gasteiger partial charge < -0.3 is 15.2 Å². The summed E-state index contributed by atoms with van der Waals surface area (Å²) in [5.41, 5.74) is 0.788. The van der Waals surface area contributed by atoms with Crippen LogP contribution in [0.25, 0.3) is 0 Å². The van der Waals surface area contributed by atoms with Crippen molar-refractivity contribution in [1.82, 2.24) is 5.32 Å². The molecule has 1 aromatic heterocycles. The Kier molecular flexibility index (Phi) is 4.53. The monoisotopic (exact) mass is 255 g/mol. The molecule has 0 aromatic carbocycles. The second-order valence-electron chi connectivity index (χ2n) is 4.29. The molecule has 0 unspecified atom stereocenters. The highest BCUT2D eigenvalue weighted by molar-refractivity contribution is 7.12. The molecule has 4 nitrogen and oxygen atoms in total.